The van der Waals surface area contributed by atoms with Gasteiger partial charge in [-0.3, -0.25) is 0 Å². The largest absolute Gasteiger partial charge is 0.147 e. The normalized spacial score (nSPS) is 0. The summed E-state index contributed by atoms with van der Waals surface area (Å²) < 4.78 is 0. The van der Waals surface area contributed by atoms with Crippen molar-refractivity contribution in [2.45, 2.75) is 0 Å². The molecule has 0 N–H and O–H groups in total. The summed E-state index contributed by atoms with van der Waals surface area (Å²) >= 11 is 0. The fraction of sp³-hybridized carbons (Fsp3) is 0. The summed E-state index contributed by atoms with van der Waals surface area (Å²) in [6, 6.07) is 0. The first-order valence-corrected chi connectivity index (χ1v) is 0. The molecule has 0 amide bonds. The van der Waals surface area contributed by atoms with Gasteiger partial charge in [0.15, 0.2) is 0 Å². The predicted molar refractivity (Wildman–Crippen MR) is 21.7 cm³/mol. The van der Waals surface area contributed by atoms with E-state index < -0.39 is 0 Å². The van der Waals surface area contributed by atoms with Gasteiger partial charge in [0.1, 0.15) is 0 Å². The average Bonchev–Trinajstić information content (AvgIpc) is 0. The van der Waals surface area contributed by atoms with Crippen LogP contribution in [0.2, 0.25) is 0 Å². The molecular weight excluding hydrogens is 859 g/mol. The Morgan fingerprint density at radius 3 is 0.750 bits per heavy atom. The fourth-order valence-corrected chi connectivity index (χ4v) is 0. The second kappa shape index (κ2) is 48.3. The topological polar surface area (TPSA) is 0 Å². The quantitative estimate of drug-likeness (QED) is 0.323. The Morgan fingerprint density at radius 2 is 0.750 bits per heavy atom. The molecule has 0 bridgehead atoms. The van der Waals surface area contributed by atoms with E-state index in [1.165, 1.54) is 0 Å². The summed E-state index contributed by atoms with van der Waals surface area (Å²) in [4.78, 5) is 0. The average molecular weight is 862 g/mol. The van der Waals surface area contributed by atoms with Gasteiger partial charge in [0.05, 0.1) is 0 Å². The van der Waals surface area contributed by atoms with Gasteiger partial charge in [0, 0.05) is 183 Å². The Balaban J connectivity index is 0. The number of halogens is 3. The summed E-state index contributed by atoms with van der Waals surface area (Å²) in [5, 5.41) is 0. The van der Waals surface area contributed by atoms with E-state index in [-0.39, 0.29) is 220 Å². The van der Waals surface area contributed by atoms with E-state index in [1.807, 2.05) is 0 Å². The van der Waals surface area contributed by atoms with Gasteiger partial charge in [-0.15, -0.1) is 37.2 Å². The molecule has 0 unspecified atom stereocenters. The van der Waals surface area contributed by atoms with Gasteiger partial charge in [-0.05, 0) is 0 Å². The van der Waals surface area contributed by atoms with E-state index in [2.05, 4.69) is 0 Å². The smallest absolute Gasteiger partial charge is 0 e. The van der Waals surface area contributed by atoms with Crippen LogP contribution in [0.3, 0.4) is 0 Å². The first-order valence-electron chi connectivity index (χ1n) is 0. The number of rotatable bonds is 0. The Bertz CT molecular complexity index is 19.2. The molecule has 0 atom stereocenters. The molecule has 0 rings (SSSR count). The van der Waals surface area contributed by atoms with E-state index in [0.29, 0.717) is 0 Å². The minimum Gasteiger partial charge on any atom is -0.147 e. The zero-order valence-electron chi connectivity index (χ0n) is 2.99. The molecule has 0 fully saturated rings. The molecule has 0 nitrogen and oxygen atoms in total. The number of hydrogen-bond acceptors (Lipinski definition) is 0. The van der Waals surface area contributed by atoms with Crippen LogP contribution >= 0.6 is 37.2 Å². The van der Waals surface area contributed by atoms with Crippen LogP contribution in [-0.4, -0.2) is 0 Å². The number of hydrogen-bond donors (Lipinski definition) is 0. The van der Waals surface area contributed by atoms with Crippen LogP contribution in [0.4, 0.5) is 0 Å². The monoisotopic (exact) mass is 861 g/mol. The minimum atomic E-state index is 0. The Hall–Kier alpha value is 6.99. The molecule has 0 aliphatic rings. The SMILES string of the molecule is Cl.Cl.Cl.[Dy].[Er].[Ho].[Tm].[Y]. The van der Waals surface area contributed by atoms with Gasteiger partial charge in [-0.2, -0.15) is 0 Å². The Kier molecular flexibility index (Phi) is 363. The van der Waals surface area contributed by atoms with Crippen molar-refractivity contribution in [3.63, 3.8) is 0 Å². The van der Waals surface area contributed by atoms with Crippen molar-refractivity contribution in [3.05, 3.63) is 0 Å². The maximum atomic E-state index is 0. The molecule has 0 aromatic heterocycles. The van der Waals surface area contributed by atoms with Gasteiger partial charge in [-0.25, -0.2) is 0 Å². The molecule has 8 heteroatoms. The molecule has 0 saturated carbocycles. The third-order valence-electron chi connectivity index (χ3n) is 0. The van der Waals surface area contributed by atoms with Gasteiger partial charge >= 0.3 is 0 Å². The van der Waals surface area contributed by atoms with Crippen LogP contribution in [0.1, 0.15) is 0 Å². The van der Waals surface area contributed by atoms with E-state index in [9.17, 15) is 0 Å². The molecule has 0 aromatic rings. The molecule has 0 aromatic carbocycles. The van der Waals surface area contributed by atoms with Crippen molar-refractivity contribution in [1.82, 2.24) is 0 Å². The van der Waals surface area contributed by atoms with E-state index in [4.69, 9.17) is 0 Å². The van der Waals surface area contributed by atoms with Crippen LogP contribution in [0, 0.1) is 150 Å². The molecular formula is H3Cl3DyErHoTmY. The Labute approximate surface area is 213 Å². The zero-order valence-corrected chi connectivity index (χ0v) is 15.9. The van der Waals surface area contributed by atoms with Crippen LogP contribution in [0.15, 0.2) is 0 Å². The van der Waals surface area contributed by atoms with Crippen LogP contribution in [0.5, 0.6) is 0 Å². The minimum absolute atomic E-state index is 0. The van der Waals surface area contributed by atoms with Crippen molar-refractivity contribution < 1.29 is 183 Å². The maximum absolute atomic E-state index is 0. The van der Waals surface area contributed by atoms with Crippen molar-refractivity contribution in [2.75, 3.05) is 0 Å². The second-order valence-corrected chi connectivity index (χ2v) is 0. The summed E-state index contributed by atoms with van der Waals surface area (Å²) in [7, 11) is 0. The molecule has 0 aliphatic carbocycles. The molecule has 8 heavy (non-hydrogen) atoms. The summed E-state index contributed by atoms with van der Waals surface area (Å²) in [6.07, 6.45) is 0. The van der Waals surface area contributed by atoms with Gasteiger partial charge in [-0.1, -0.05) is 0 Å². The van der Waals surface area contributed by atoms with Crippen LogP contribution in [0.25, 0.3) is 0 Å². The van der Waals surface area contributed by atoms with Crippen molar-refractivity contribution >= 4 is 37.2 Å². The second-order valence-electron chi connectivity index (χ2n) is 0. The summed E-state index contributed by atoms with van der Waals surface area (Å²) in [5.74, 6) is 0. The third kappa shape index (κ3) is 38.2. The van der Waals surface area contributed by atoms with Gasteiger partial charge < -0.3 is 0 Å². The van der Waals surface area contributed by atoms with Crippen LogP contribution < -0.4 is 0 Å². The standard InChI is InChI=1S/3ClH.Dy.Er.Ho.Tm.Y/h3*1H;;;;;. The Morgan fingerprint density at radius 1 is 0.750 bits per heavy atom. The van der Waals surface area contributed by atoms with Gasteiger partial charge in [0.2, 0.25) is 0 Å². The summed E-state index contributed by atoms with van der Waals surface area (Å²) in [6.45, 7) is 0. The molecule has 0 saturated heterocycles. The summed E-state index contributed by atoms with van der Waals surface area (Å²) in [5.41, 5.74) is 0. The maximum Gasteiger partial charge on any atom is 0 e. The zero-order chi connectivity index (χ0) is 0. The molecule has 3 radical (unpaired) electrons. The van der Waals surface area contributed by atoms with Crippen molar-refractivity contribution in [1.29, 1.82) is 0 Å². The molecule has 0 heterocycles. The third-order valence-corrected chi connectivity index (χ3v) is 0. The molecule has 0 spiro atoms. The van der Waals surface area contributed by atoms with E-state index >= 15 is 0 Å². The fourth-order valence-electron chi connectivity index (χ4n) is 0. The van der Waals surface area contributed by atoms with Crippen molar-refractivity contribution in [2.24, 2.45) is 0 Å². The van der Waals surface area contributed by atoms with E-state index in [0.717, 1.165) is 0 Å². The molecule has 0 aliphatic heterocycles. The first kappa shape index (κ1) is 60.1. The van der Waals surface area contributed by atoms with E-state index in [1.54, 1.807) is 0 Å². The van der Waals surface area contributed by atoms with Crippen molar-refractivity contribution in [3.8, 4) is 0 Å². The predicted octanol–water partition coefficient (Wildman–Crippen LogP) is 1.26. The van der Waals surface area contributed by atoms with Crippen LogP contribution in [-0.2, 0) is 32.7 Å². The van der Waals surface area contributed by atoms with Gasteiger partial charge in [0.25, 0.3) is 0 Å². The first-order chi connectivity index (χ1) is 0. The molecule has 73 valence electrons.